The number of rotatable bonds is 2. The lowest BCUT2D eigenvalue weighted by Gasteiger charge is -2.50. The van der Waals surface area contributed by atoms with Crippen LogP contribution in [0.5, 0.6) is 0 Å². The zero-order chi connectivity index (χ0) is 12.1. The lowest BCUT2D eigenvalue weighted by Crippen LogP contribution is -3.00. The standard InChI is InChI=1S/C13H19N2.ClI.ClH/c1-2-4-13(5-3-1)12-15-9-6-14(7-10-15)8-11-15;1-2;/h1-5H,6-12H2;;1H/q+1;;/p-1. The van der Waals surface area contributed by atoms with Gasteiger partial charge >= 0.3 is 0 Å². The highest BCUT2D eigenvalue weighted by Gasteiger charge is 2.38. The summed E-state index contributed by atoms with van der Waals surface area (Å²) in [6, 6.07) is 11.0. The molecule has 0 radical (unpaired) electrons. The molecule has 5 heteroatoms. The summed E-state index contributed by atoms with van der Waals surface area (Å²) in [6.45, 7) is 9.25. The number of benzene rings is 1. The van der Waals surface area contributed by atoms with Crippen LogP contribution >= 0.6 is 30.4 Å². The number of quaternary nitrogens is 1. The van der Waals surface area contributed by atoms with Crippen LogP contribution in [0, 0.1) is 0 Å². The first-order valence-electron chi connectivity index (χ1n) is 6.12. The summed E-state index contributed by atoms with van der Waals surface area (Å²) in [5.41, 5.74) is 1.51. The molecule has 4 rings (SSSR count). The second-order valence-corrected chi connectivity index (χ2v) is 5.00. The molecule has 3 aliphatic heterocycles. The topological polar surface area (TPSA) is 3.24 Å². The van der Waals surface area contributed by atoms with Crippen LogP contribution in [0.15, 0.2) is 30.3 Å². The highest BCUT2D eigenvalue weighted by molar-refractivity contribution is 14.1. The van der Waals surface area contributed by atoms with E-state index in [0.29, 0.717) is 0 Å². The van der Waals surface area contributed by atoms with Gasteiger partial charge in [-0.1, -0.05) is 30.3 Å². The van der Waals surface area contributed by atoms with Gasteiger partial charge in [0, 0.05) is 46.7 Å². The fourth-order valence-corrected chi connectivity index (χ4v) is 2.94. The van der Waals surface area contributed by atoms with E-state index >= 15 is 0 Å². The zero-order valence-corrected chi connectivity index (χ0v) is 14.0. The molecule has 1 aromatic carbocycles. The lowest BCUT2D eigenvalue weighted by atomic mass is 10.1. The third-order valence-electron chi connectivity index (χ3n) is 4.03. The summed E-state index contributed by atoms with van der Waals surface area (Å²) in [7, 11) is 4.61. The summed E-state index contributed by atoms with van der Waals surface area (Å²) < 4.78 is 1.33. The van der Waals surface area contributed by atoms with E-state index in [-0.39, 0.29) is 12.4 Å². The van der Waals surface area contributed by atoms with Crippen LogP contribution in [0.2, 0.25) is 0 Å². The Labute approximate surface area is 133 Å². The molecule has 0 spiro atoms. The highest BCUT2D eigenvalue weighted by atomic mass is 127. The molecule has 0 unspecified atom stereocenters. The molecule has 2 nitrogen and oxygen atoms in total. The van der Waals surface area contributed by atoms with Crippen molar-refractivity contribution in [2.75, 3.05) is 39.3 Å². The van der Waals surface area contributed by atoms with Gasteiger partial charge in [0.2, 0.25) is 0 Å². The van der Waals surface area contributed by atoms with Gasteiger partial charge in [0.15, 0.2) is 0 Å². The monoisotopic (exact) mass is 400 g/mol. The van der Waals surface area contributed by atoms with Gasteiger partial charge in [-0.2, -0.15) is 0 Å². The number of halogens is 3. The van der Waals surface area contributed by atoms with Crippen molar-refractivity contribution in [2.24, 2.45) is 0 Å². The summed E-state index contributed by atoms with van der Waals surface area (Å²) in [4.78, 5) is 2.60. The largest absolute Gasteiger partial charge is 1.00 e. The molecule has 0 aliphatic carbocycles. The predicted octanol–water partition coefficient (Wildman–Crippen LogP) is -0.0882. The van der Waals surface area contributed by atoms with Crippen molar-refractivity contribution in [2.45, 2.75) is 6.54 Å². The van der Waals surface area contributed by atoms with Crippen LogP contribution in [0.25, 0.3) is 0 Å². The van der Waals surface area contributed by atoms with Crippen molar-refractivity contribution >= 4 is 30.4 Å². The molecule has 3 saturated heterocycles. The van der Waals surface area contributed by atoms with Crippen LogP contribution in [0.3, 0.4) is 0 Å². The fraction of sp³-hybridized carbons (Fsp3) is 0.538. The van der Waals surface area contributed by atoms with E-state index in [9.17, 15) is 0 Å². The quantitative estimate of drug-likeness (QED) is 0.495. The minimum atomic E-state index is 0. The SMILES string of the molecule is ClI.[Cl-].c1ccc(C[N+]23CCN(CC2)CC3)cc1. The van der Waals surface area contributed by atoms with Crippen LogP contribution in [-0.2, 0) is 6.54 Å². The van der Waals surface area contributed by atoms with E-state index < -0.39 is 0 Å². The Bertz CT molecular complexity index is 326. The summed E-state index contributed by atoms with van der Waals surface area (Å²) in [5, 5.41) is 0. The Balaban J connectivity index is 0.000000516. The van der Waals surface area contributed by atoms with E-state index in [1.165, 1.54) is 55.9 Å². The molecule has 1 aromatic rings. The predicted molar refractivity (Wildman–Crippen MR) is 81.3 cm³/mol. The maximum absolute atomic E-state index is 4.61. The van der Waals surface area contributed by atoms with Crippen LogP contribution in [0.1, 0.15) is 5.56 Å². The fourth-order valence-electron chi connectivity index (χ4n) is 2.94. The van der Waals surface area contributed by atoms with Crippen molar-refractivity contribution in [3.8, 4) is 0 Å². The third-order valence-corrected chi connectivity index (χ3v) is 4.03. The molecular weight excluding hydrogens is 382 g/mol. The molecule has 3 heterocycles. The van der Waals surface area contributed by atoms with Crippen molar-refractivity contribution < 1.29 is 16.9 Å². The third kappa shape index (κ3) is 3.97. The Kier molecular flexibility index (Phi) is 7.24. The smallest absolute Gasteiger partial charge is 0.104 e. The van der Waals surface area contributed by atoms with Gasteiger partial charge in [0.1, 0.15) is 6.54 Å². The number of hydrogen-bond donors (Lipinski definition) is 0. The Morgan fingerprint density at radius 2 is 1.50 bits per heavy atom. The molecule has 18 heavy (non-hydrogen) atoms. The molecule has 3 fully saturated rings. The van der Waals surface area contributed by atoms with Gasteiger partial charge in [-0.05, 0) is 8.91 Å². The average Bonchev–Trinajstić information content (AvgIpc) is 2.44. The number of hydrogen-bond acceptors (Lipinski definition) is 1. The molecule has 0 N–H and O–H groups in total. The van der Waals surface area contributed by atoms with Crippen molar-refractivity contribution in [3.05, 3.63) is 35.9 Å². The minimum Gasteiger partial charge on any atom is -1.00 e. The van der Waals surface area contributed by atoms with Gasteiger partial charge in [-0.25, -0.2) is 0 Å². The molecule has 2 bridgehead atoms. The van der Waals surface area contributed by atoms with Crippen molar-refractivity contribution in [1.29, 1.82) is 0 Å². The maximum Gasteiger partial charge on any atom is 0.104 e. The van der Waals surface area contributed by atoms with Crippen LogP contribution in [-0.4, -0.2) is 48.7 Å². The Morgan fingerprint density at radius 1 is 1.00 bits per heavy atom. The molecule has 0 saturated carbocycles. The van der Waals surface area contributed by atoms with Gasteiger partial charge < -0.3 is 16.9 Å². The van der Waals surface area contributed by atoms with Crippen molar-refractivity contribution in [3.63, 3.8) is 0 Å². The van der Waals surface area contributed by atoms with Gasteiger partial charge in [0.25, 0.3) is 0 Å². The molecule has 0 atom stereocenters. The Morgan fingerprint density at radius 3 is 2.00 bits per heavy atom. The zero-order valence-electron chi connectivity index (χ0n) is 10.4. The summed E-state index contributed by atoms with van der Waals surface area (Å²) >= 11 is 1.62. The second kappa shape index (κ2) is 7.90. The summed E-state index contributed by atoms with van der Waals surface area (Å²) in [6.07, 6.45) is 0. The van der Waals surface area contributed by atoms with Gasteiger partial charge in [-0.3, -0.25) is 4.90 Å². The number of nitrogens with zero attached hydrogens (tertiary/aromatic N) is 2. The van der Waals surface area contributed by atoms with E-state index in [0.717, 1.165) is 0 Å². The second-order valence-electron chi connectivity index (χ2n) is 5.00. The molecule has 0 aromatic heterocycles. The molecule has 102 valence electrons. The van der Waals surface area contributed by atoms with Crippen molar-refractivity contribution in [1.82, 2.24) is 4.90 Å². The summed E-state index contributed by atoms with van der Waals surface area (Å²) in [5.74, 6) is 0. The Hall–Kier alpha value is 0.450. The average molecular weight is 401 g/mol. The first kappa shape index (κ1) is 16.5. The number of piperazine rings is 3. The number of fused-ring (bicyclic) bond motifs is 3. The first-order chi connectivity index (χ1) is 8.36. The molecular formula is C13H19Cl2IN2. The van der Waals surface area contributed by atoms with Gasteiger partial charge in [0.05, 0.1) is 19.6 Å². The van der Waals surface area contributed by atoms with E-state index in [1.54, 1.807) is 21.5 Å². The van der Waals surface area contributed by atoms with E-state index in [4.69, 9.17) is 0 Å². The van der Waals surface area contributed by atoms with E-state index in [1.807, 2.05) is 0 Å². The highest BCUT2D eigenvalue weighted by Crippen LogP contribution is 2.22. The molecule has 0 amide bonds. The first-order valence-corrected chi connectivity index (χ1v) is 8.85. The maximum atomic E-state index is 4.61. The van der Waals surface area contributed by atoms with Crippen LogP contribution < -0.4 is 12.4 Å². The lowest BCUT2D eigenvalue weighted by molar-refractivity contribution is -0.953. The van der Waals surface area contributed by atoms with Crippen LogP contribution in [0.4, 0.5) is 0 Å². The van der Waals surface area contributed by atoms with Gasteiger partial charge in [-0.15, -0.1) is 0 Å². The van der Waals surface area contributed by atoms with E-state index in [2.05, 4.69) is 44.1 Å². The normalized spacial score (nSPS) is 28.9. The molecule has 3 aliphatic rings. The minimum absolute atomic E-state index is 0.